The summed E-state index contributed by atoms with van der Waals surface area (Å²) in [6.07, 6.45) is 1.61. The van der Waals surface area contributed by atoms with Gasteiger partial charge < -0.3 is 14.6 Å². The van der Waals surface area contributed by atoms with Crippen molar-refractivity contribution in [1.82, 2.24) is 4.90 Å². The van der Waals surface area contributed by atoms with Crippen LogP contribution >= 0.6 is 11.8 Å². The van der Waals surface area contributed by atoms with Crippen molar-refractivity contribution in [3.8, 4) is 0 Å². The van der Waals surface area contributed by atoms with Crippen molar-refractivity contribution in [2.45, 2.75) is 11.9 Å². The van der Waals surface area contributed by atoms with Crippen molar-refractivity contribution < 1.29 is 14.0 Å². The number of anilines is 1. The molecule has 2 heterocycles. The summed E-state index contributed by atoms with van der Waals surface area (Å²) >= 11 is 1.59. The Morgan fingerprint density at radius 2 is 1.81 bits per heavy atom. The molecule has 0 spiro atoms. The lowest BCUT2D eigenvalue weighted by Crippen LogP contribution is -2.27. The van der Waals surface area contributed by atoms with Crippen molar-refractivity contribution in [2.24, 2.45) is 0 Å². The van der Waals surface area contributed by atoms with Gasteiger partial charge in [0.2, 0.25) is 5.91 Å². The summed E-state index contributed by atoms with van der Waals surface area (Å²) in [6, 6.07) is 25.0. The molecule has 1 fully saturated rings. The number of carbonyl (C=O) groups excluding carboxylic acids is 2. The molecule has 0 unspecified atom stereocenters. The number of thioether (sulfide) groups is 1. The van der Waals surface area contributed by atoms with Crippen LogP contribution in [0.4, 0.5) is 5.69 Å². The van der Waals surface area contributed by atoms with E-state index in [1.54, 1.807) is 30.2 Å². The van der Waals surface area contributed by atoms with Crippen LogP contribution in [0.1, 0.15) is 27.1 Å². The van der Waals surface area contributed by atoms with Gasteiger partial charge >= 0.3 is 0 Å². The first-order chi connectivity index (χ1) is 15.2. The molecule has 4 aromatic rings. The molecule has 1 aromatic heterocycles. The number of nitrogens with one attached hydrogen (secondary N) is 1. The van der Waals surface area contributed by atoms with Gasteiger partial charge in [-0.25, -0.2) is 0 Å². The van der Waals surface area contributed by atoms with Crippen LogP contribution in [-0.4, -0.2) is 22.5 Å². The van der Waals surface area contributed by atoms with E-state index in [-0.39, 0.29) is 17.2 Å². The Kier molecular flexibility index (Phi) is 5.22. The molecule has 0 bridgehead atoms. The van der Waals surface area contributed by atoms with Crippen LogP contribution in [0.15, 0.2) is 89.5 Å². The van der Waals surface area contributed by atoms with Crippen LogP contribution in [0.5, 0.6) is 0 Å². The quantitative estimate of drug-likeness (QED) is 0.459. The van der Waals surface area contributed by atoms with Gasteiger partial charge in [0.05, 0.1) is 18.6 Å². The third-order valence-electron chi connectivity index (χ3n) is 5.34. The van der Waals surface area contributed by atoms with Gasteiger partial charge in [-0.2, -0.15) is 0 Å². The Hall–Kier alpha value is -3.51. The third kappa shape index (κ3) is 4.07. The smallest absolute Gasteiger partial charge is 0.255 e. The van der Waals surface area contributed by atoms with E-state index < -0.39 is 0 Å². The van der Waals surface area contributed by atoms with Crippen LogP contribution in [0.2, 0.25) is 0 Å². The molecule has 0 radical (unpaired) electrons. The van der Waals surface area contributed by atoms with Gasteiger partial charge in [0.1, 0.15) is 11.1 Å². The second-order valence-electron chi connectivity index (χ2n) is 7.40. The summed E-state index contributed by atoms with van der Waals surface area (Å²) in [7, 11) is 0. The molecule has 1 atom stereocenters. The molecule has 3 aromatic carbocycles. The summed E-state index contributed by atoms with van der Waals surface area (Å²) in [5, 5.41) is 5.09. The predicted octanol–water partition coefficient (Wildman–Crippen LogP) is 5.46. The Labute approximate surface area is 184 Å². The minimum Gasteiger partial charge on any atom is -0.467 e. The van der Waals surface area contributed by atoms with Crippen LogP contribution in [0.25, 0.3) is 10.8 Å². The van der Waals surface area contributed by atoms with Crippen molar-refractivity contribution in [3.63, 3.8) is 0 Å². The van der Waals surface area contributed by atoms with E-state index >= 15 is 0 Å². The van der Waals surface area contributed by atoms with Gasteiger partial charge in [0.25, 0.3) is 5.91 Å². The number of fused-ring (bicyclic) bond motifs is 1. The summed E-state index contributed by atoms with van der Waals surface area (Å²) in [4.78, 5) is 26.9. The number of amides is 2. The lowest BCUT2D eigenvalue weighted by molar-refractivity contribution is -0.128. The first kappa shape index (κ1) is 19.5. The van der Waals surface area contributed by atoms with Crippen LogP contribution in [0, 0.1) is 0 Å². The van der Waals surface area contributed by atoms with Gasteiger partial charge in [-0.3, -0.25) is 9.59 Å². The second-order valence-corrected chi connectivity index (χ2v) is 8.47. The molecule has 2 amide bonds. The zero-order valence-electron chi connectivity index (χ0n) is 16.7. The van der Waals surface area contributed by atoms with Gasteiger partial charge in [-0.1, -0.05) is 42.5 Å². The number of rotatable bonds is 5. The Morgan fingerprint density at radius 3 is 2.58 bits per heavy atom. The maximum atomic E-state index is 12.7. The number of carbonyl (C=O) groups is 2. The summed E-state index contributed by atoms with van der Waals surface area (Å²) < 4.78 is 5.41. The van der Waals surface area contributed by atoms with Gasteiger partial charge in [-0.05, 0) is 52.7 Å². The highest BCUT2D eigenvalue weighted by Gasteiger charge is 2.33. The number of benzene rings is 3. The fourth-order valence-electron chi connectivity index (χ4n) is 3.74. The van der Waals surface area contributed by atoms with Crippen LogP contribution in [0.3, 0.4) is 0 Å². The maximum Gasteiger partial charge on any atom is 0.255 e. The molecule has 1 N–H and O–H groups in total. The average molecular weight is 429 g/mol. The highest BCUT2D eigenvalue weighted by molar-refractivity contribution is 8.00. The lowest BCUT2D eigenvalue weighted by atomic mass is 10.1. The van der Waals surface area contributed by atoms with Crippen LogP contribution in [-0.2, 0) is 11.3 Å². The second kappa shape index (κ2) is 8.32. The number of nitrogens with zero attached hydrogens (tertiary/aromatic N) is 1. The van der Waals surface area contributed by atoms with E-state index in [4.69, 9.17) is 4.42 Å². The van der Waals surface area contributed by atoms with E-state index in [9.17, 15) is 9.59 Å². The van der Waals surface area contributed by atoms with E-state index in [1.165, 1.54) is 0 Å². The number of hydrogen-bond donors (Lipinski definition) is 1. The van der Waals surface area contributed by atoms with E-state index in [1.807, 2.05) is 71.6 Å². The summed E-state index contributed by atoms with van der Waals surface area (Å²) in [5.74, 6) is 1.12. The lowest BCUT2D eigenvalue weighted by Gasteiger charge is -2.23. The molecular formula is C25H20N2O3S. The molecule has 154 valence electrons. The first-order valence-corrected chi connectivity index (χ1v) is 11.1. The zero-order valence-corrected chi connectivity index (χ0v) is 17.5. The van der Waals surface area contributed by atoms with Gasteiger partial charge in [0, 0.05) is 11.3 Å². The van der Waals surface area contributed by atoms with Gasteiger partial charge in [0.15, 0.2) is 0 Å². The summed E-state index contributed by atoms with van der Waals surface area (Å²) in [5.41, 5.74) is 2.32. The third-order valence-corrected chi connectivity index (χ3v) is 6.60. The van der Waals surface area contributed by atoms with Crippen LogP contribution < -0.4 is 5.32 Å². The van der Waals surface area contributed by atoms with E-state index in [2.05, 4.69) is 5.32 Å². The maximum absolute atomic E-state index is 12.7. The number of hydrogen-bond acceptors (Lipinski definition) is 4. The standard InChI is InChI=1S/C25H20N2O3S/c28-23-16-31-25(27(23)15-22-6-3-13-30-22)19-9-7-18(8-10-19)24(29)26-21-12-11-17-4-1-2-5-20(17)14-21/h1-14,25H,15-16H2,(H,26,29)/t25-/m0/s1. The largest absolute Gasteiger partial charge is 0.467 e. The Morgan fingerprint density at radius 1 is 1.00 bits per heavy atom. The predicted molar refractivity (Wildman–Crippen MR) is 123 cm³/mol. The van der Waals surface area contributed by atoms with Crippen molar-refractivity contribution in [2.75, 3.05) is 11.1 Å². The first-order valence-electron chi connectivity index (χ1n) is 10.0. The zero-order chi connectivity index (χ0) is 21.2. The topological polar surface area (TPSA) is 62.6 Å². The molecule has 1 aliphatic rings. The highest BCUT2D eigenvalue weighted by Crippen LogP contribution is 2.39. The molecule has 5 nitrogen and oxygen atoms in total. The van der Waals surface area contributed by atoms with E-state index in [0.717, 1.165) is 27.8 Å². The molecule has 6 heteroatoms. The molecule has 0 saturated carbocycles. The minimum atomic E-state index is -0.163. The SMILES string of the molecule is O=C(Nc1ccc2ccccc2c1)c1ccc([C@@H]2SCC(=O)N2Cc2ccco2)cc1. The molecular weight excluding hydrogens is 408 g/mol. The number of furan rings is 1. The average Bonchev–Trinajstić information content (AvgIpc) is 3.44. The highest BCUT2D eigenvalue weighted by atomic mass is 32.2. The fourth-order valence-corrected chi connectivity index (χ4v) is 4.93. The fraction of sp³-hybridized carbons (Fsp3) is 0.120. The Bertz CT molecular complexity index is 1240. The molecule has 31 heavy (non-hydrogen) atoms. The van der Waals surface area contributed by atoms with Gasteiger partial charge in [-0.15, -0.1) is 11.8 Å². The molecule has 0 aliphatic carbocycles. The normalized spacial score (nSPS) is 16.1. The monoisotopic (exact) mass is 428 g/mol. The molecule has 1 aliphatic heterocycles. The van der Waals surface area contributed by atoms with Crippen molar-refractivity contribution in [1.29, 1.82) is 0 Å². The van der Waals surface area contributed by atoms with Crippen molar-refractivity contribution >= 4 is 40.0 Å². The molecule has 1 saturated heterocycles. The van der Waals surface area contributed by atoms with Crippen molar-refractivity contribution in [3.05, 3.63) is 102 Å². The summed E-state index contributed by atoms with van der Waals surface area (Å²) in [6.45, 7) is 0.438. The van der Waals surface area contributed by atoms with E-state index in [0.29, 0.717) is 17.9 Å². The molecule has 5 rings (SSSR count). The minimum absolute atomic E-state index is 0.0875. The Balaban J connectivity index is 1.30.